The van der Waals surface area contributed by atoms with E-state index >= 15 is 0 Å². The van der Waals surface area contributed by atoms with Crippen LogP contribution in [0.3, 0.4) is 0 Å². The monoisotopic (exact) mass is 584 g/mol. The van der Waals surface area contributed by atoms with Crippen LogP contribution in [-0.2, 0) is 22.4 Å². The van der Waals surface area contributed by atoms with E-state index in [0.717, 1.165) is 52.9 Å². The zero-order chi connectivity index (χ0) is 28.6. The van der Waals surface area contributed by atoms with Gasteiger partial charge in [0.05, 0.1) is 29.0 Å². The van der Waals surface area contributed by atoms with E-state index in [0.29, 0.717) is 25.2 Å². The Bertz CT molecular complexity index is 1540. The van der Waals surface area contributed by atoms with Crippen molar-refractivity contribution in [3.8, 4) is 5.69 Å². The van der Waals surface area contributed by atoms with Crippen LogP contribution in [0.5, 0.6) is 0 Å². The van der Waals surface area contributed by atoms with Crippen molar-refractivity contribution in [3.63, 3.8) is 0 Å². The number of likely N-dealkylation sites (tertiary alicyclic amines) is 1. The molecule has 1 fully saturated rings. The third-order valence-corrected chi connectivity index (χ3v) is 8.56. The normalized spacial score (nSPS) is 19.2. The molecule has 2 unspecified atom stereocenters. The van der Waals surface area contributed by atoms with Gasteiger partial charge in [-0.2, -0.15) is 23.4 Å². The van der Waals surface area contributed by atoms with Crippen LogP contribution in [0.1, 0.15) is 58.9 Å². The maximum Gasteiger partial charge on any atom is 0.435 e. The number of nitrogens with zero attached hydrogens (tertiary/aromatic N) is 8. The third-order valence-electron chi connectivity index (χ3n) is 7.55. The minimum atomic E-state index is -4.52. The van der Waals surface area contributed by atoms with Crippen LogP contribution in [0, 0.1) is 6.92 Å². The van der Waals surface area contributed by atoms with Gasteiger partial charge in [0.15, 0.2) is 11.8 Å². The summed E-state index contributed by atoms with van der Waals surface area (Å²) in [5.41, 5.74) is 2.92. The van der Waals surface area contributed by atoms with E-state index < -0.39 is 17.9 Å². The molecule has 2 atom stereocenters. The van der Waals surface area contributed by atoms with Crippen molar-refractivity contribution in [2.45, 2.75) is 57.0 Å². The summed E-state index contributed by atoms with van der Waals surface area (Å²) in [4.78, 5) is 28.5. The number of carbonyl (C=O) groups is 1. The number of thiazole rings is 1. The van der Waals surface area contributed by atoms with Crippen molar-refractivity contribution in [2.75, 3.05) is 13.1 Å². The number of oxime groups is 1. The molecular weight excluding hydrogens is 557 g/mol. The van der Waals surface area contributed by atoms with Crippen LogP contribution in [-0.4, -0.2) is 65.6 Å². The summed E-state index contributed by atoms with van der Waals surface area (Å²) in [5, 5.41) is 15.2. The summed E-state index contributed by atoms with van der Waals surface area (Å²) in [7, 11) is 0. The van der Waals surface area contributed by atoms with Crippen LogP contribution in [0.15, 0.2) is 53.5 Å². The molecule has 3 aromatic heterocycles. The van der Waals surface area contributed by atoms with Gasteiger partial charge < -0.3 is 9.63 Å². The first-order chi connectivity index (χ1) is 19.8. The minimum absolute atomic E-state index is 0.0835. The number of hydrogen-bond donors (Lipinski definition) is 0. The van der Waals surface area contributed by atoms with Gasteiger partial charge in [0.2, 0.25) is 0 Å². The highest BCUT2D eigenvalue weighted by Crippen LogP contribution is 2.35. The Morgan fingerprint density at radius 3 is 2.76 bits per heavy atom. The fourth-order valence-corrected chi connectivity index (χ4v) is 6.26. The van der Waals surface area contributed by atoms with E-state index in [1.54, 1.807) is 29.3 Å². The average molecular weight is 585 g/mol. The zero-order valence-electron chi connectivity index (χ0n) is 22.1. The first-order valence-corrected chi connectivity index (χ1v) is 14.1. The topological polar surface area (TPSA) is 103 Å². The van der Waals surface area contributed by atoms with Crippen molar-refractivity contribution in [1.29, 1.82) is 0 Å². The minimum Gasteiger partial charge on any atom is -0.387 e. The van der Waals surface area contributed by atoms with Gasteiger partial charge in [0, 0.05) is 23.4 Å². The molecule has 10 nitrogen and oxygen atoms in total. The lowest BCUT2D eigenvalue weighted by Crippen LogP contribution is -2.44. The Kier molecular flexibility index (Phi) is 7.43. The molecule has 5 heterocycles. The van der Waals surface area contributed by atoms with Gasteiger partial charge in [0.25, 0.3) is 0 Å². The number of aldehydes is 1. The smallest absolute Gasteiger partial charge is 0.387 e. The van der Waals surface area contributed by atoms with Crippen molar-refractivity contribution in [3.05, 3.63) is 76.0 Å². The lowest BCUT2D eigenvalue weighted by atomic mass is 9.96. The Balaban J connectivity index is 1.05. The van der Waals surface area contributed by atoms with Gasteiger partial charge in [-0.15, -0.1) is 11.3 Å². The van der Waals surface area contributed by atoms with Gasteiger partial charge in [-0.1, -0.05) is 17.3 Å². The number of alkyl halides is 3. The quantitative estimate of drug-likeness (QED) is 0.280. The maximum absolute atomic E-state index is 13.0. The standard InChI is InChI=1S/C27H27F3N8O2S/c1-17-9-25(27(28,29)30)34-37(17)12-21(13-39)36-7-5-18(6-8-36)26-33-23(14-41-26)22-11-24(40-35-22)19-3-2-4-20(10-19)38-16-31-15-32-38/h2-4,9-10,13-16,18,21,24H,5-8,11-12H2,1H3. The number of rotatable bonds is 8. The van der Waals surface area contributed by atoms with E-state index in [4.69, 9.17) is 9.82 Å². The fourth-order valence-electron chi connectivity index (χ4n) is 5.26. The molecule has 4 aromatic rings. The van der Waals surface area contributed by atoms with Gasteiger partial charge in [-0.25, -0.2) is 14.6 Å². The summed E-state index contributed by atoms with van der Waals surface area (Å²) in [5.74, 6) is 0.235. The van der Waals surface area contributed by atoms with Crippen molar-refractivity contribution < 1.29 is 22.8 Å². The molecule has 14 heteroatoms. The predicted molar refractivity (Wildman–Crippen MR) is 144 cm³/mol. The molecule has 2 aliphatic heterocycles. The lowest BCUT2D eigenvalue weighted by Gasteiger charge is -2.34. The molecule has 0 N–H and O–H groups in total. The summed E-state index contributed by atoms with van der Waals surface area (Å²) < 4.78 is 42.1. The highest BCUT2D eigenvalue weighted by Gasteiger charge is 2.35. The average Bonchev–Trinajstić information content (AvgIpc) is 3.79. The number of carbonyl (C=O) groups excluding carboxylic acids is 1. The van der Waals surface area contributed by atoms with Crippen LogP contribution in [0.2, 0.25) is 0 Å². The fraction of sp³-hybridized carbons (Fsp3) is 0.407. The number of piperidine rings is 1. The number of aromatic nitrogens is 6. The molecule has 0 saturated carbocycles. The second-order valence-electron chi connectivity index (χ2n) is 10.2. The lowest BCUT2D eigenvalue weighted by molar-refractivity contribution is -0.141. The van der Waals surface area contributed by atoms with Crippen molar-refractivity contribution in [1.82, 2.24) is 34.4 Å². The Morgan fingerprint density at radius 1 is 1.22 bits per heavy atom. The first-order valence-electron chi connectivity index (χ1n) is 13.2. The van der Waals surface area contributed by atoms with Crippen LogP contribution >= 0.6 is 11.3 Å². The molecule has 1 aromatic carbocycles. The SMILES string of the molecule is Cc1cc(C(F)(F)F)nn1CC(C=O)N1CCC(c2nc(C3=NOC(c4cccc(-n5cncn5)c4)C3)cs2)CC1. The van der Waals surface area contributed by atoms with Crippen LogP contribution < -0.4 is 0 Å². The zero-order valence-corrected chi connectivity index (χ0v) is 22.9. The van der Waals surface area contributed by atoms with Crippen LogP contribution in [0.25, 0.3) is 5.69 Å². The van der Waals surface area contributed by atoms with Gasteiger partial charge in [-0.05, 0) is 56.6 Å². The molecule has 0 radical (unpaired) electrons. The molecule has 0 spiro atoms. The maximum atomic E-state index is 13.0. The molecule has 0 aliphatic carbocycles. The Labute approximate surface area is 237 Å². The summed E-state index contributed by atoms with van der Waals surface area (Å²) in [6, 6.07) is 8.37. The summed E-state index contributed by atoms with van der Waals surface area (Å²) in [6.07, 6.45) is 1.39. The molecule has 41 heavy (non-hydrogen) atoms. The van der Waals surface area contributed by atoms with E-state index in [1.807, 2.05) is 34.5 Å². The highest BCUT2D eigenvalue weighted by atomic mass is 32.1. The first kappa shape index (κ1) is 27.3. The predicted octanol–water partition coefficient (Wildman–Crippen LogP) is 4.56. The Morgan fingerprint density at radius 2 is 2.05 bits per heavy atom. The third kappa shape index (κ3) is 5.79. The Hall–Kier alpha value is -3.91. The number of halogens is 3. The van der Waals surface area contributed by atoms with E-state index in [2.05, 4.69) is 20.3 Å². The highest BCUT2D eigenvalue weighted by molar-refractivity contribution is 7.10. The molecule has 0 amide bonds. The van der Waals surface area contributed by atoms with Crippen molar-refractivity contribution in [2.24, 2.45) is 5.16 Å². The van der Waals surface area contributed by atoms with E-state index in [9.17, 15) is 18.0 Å². The molecule has 214 valence electrons. The number of aryl methyl sites for hydroxylation is 1. The second kappa shape index (κ2) is 11.2. The van der Waals surface area contributed by atoms with Crippen molar-refractivity contribution >= 4 is 23.3 Å². The summed E-state index contributed by atoms with van der Waals surface area (Å²) >= 11 is 1.59. The van der Waals surface area contributed by atoms with Gasteiger partial charge in [-0.3, -0.25) is 9.58 Å². The van der Waals surface area contributed by atoms with E-state index in [-0.39, 0.29) is 18.6 Å². The van der Waals surface area contributed by atoms with Gasteiger partial charge in [0.1, 0.15) is 24.7 Å². The number of hydrogen-bond acceptors (Lipinski definition) is 9. The largest absolute Gasteiger partial charge is 0.435 e. The molecule has 0 bridgehead atoms. The molecule has 1 saturated heterocycles. The van der Waals surface area contributed by atoms with Gasteiger partial charge >= 0.3 is 6.18 Å². The summed E-state index contributed by atoms with van der Waals surface area (Å²) in [6.45, 7) is 2.93. The second-order valence-corrected chi connectivity index (χ2v) is 11.1. The van der Waals surface area contributed by atoms with Crippen LogP contribution in [0.4, 0.5) is 13.2 Å². The van der Waals surface area contributed by atoms with E-state index in [1.165, 1.54) is 11.0 Å². The molecule has 2 aliphatic rings. The molecular formula is C27H27F3N8O2S. The number of benzene rings is 1. The molecule has 6 rings (SSSR count).